The van der Waals surface area contributed by atoms with Crippen LogP contribution in [0.25, 0.3) is 10.6 Å². The Hall–Kier alpha value is -1.88. The molecule has 0 saturated carbocycles. The summed E-state index contributed by atoms with van der Waals surface area (Å²) in [6.45, 7) is 4.07. The summed E-state index contributed by atoms with van der Waals surface area (Å²) in [5, 5.41) is 19.1. The lowest BCUT2D eigenvalue weighted by molar-refractivity contribution is 0.0700. The molecule has 0 aliphatic heterocycles. The maximum atomic E-state index is 11.2. The van der Waals surface area contributed by atoms with Gasteiger partial charge in [0.1, 0.15) is 15.6 Å². The zero-order valence-electron chi connectivity index (χ0n) is 10.8. The van der Waals surface area contributed by atoms with E-state index in [0.29, 0.717) is 27.9 Å². The summed E-state index contributed by atoms with van der Waals surface area (Å²) < 4.78 is 0. The average Bonchev–Trinajstić information content (AvgIpc) is 2.73. The standard InChI is InChI=1S/C14H15NO3S/c1-8(2)7-11-12(14(17)18)19-13(15-11)9-3-5-10(16)6-4-9/h3-6,8,16H,7H2,1-2H3,(H,17,18). The Morgan fingerprint density at radius 2 is 1.95 bits per heavy atom. The van der Waals surface area contributed by atoms with Crippen molar-refractivity contribution in [1.82, 2.24) is 4.98 Å². The molecule has 0 saturated heterocycles. The third-order valence-electron chi connectivity index (χ3n) is 2.61. The fourth-order valence-corrected chi connectivity index (χ4v) is 2.71. The van der Waals surface area contributed by atoms with Crippen molar-refractivity contribution in [2.45, 2.75) is 20.3 Å². The number of aromatic nitrogens is 1. The molecule has 0 bridgehead atoms. The van der Waals surface area contributed by atoms with E-state index < -0.39 is 5.97 Å². The van der Waals surface area contributed by atoms with Crippen LogP contribution in [0.5, 0.6) is 5.75 Å². The molecule has 0 aliphatic carbocycles. The van der Waals surface area contributed by atoms with Crippen molar-refractivity contribution in [2.24, 2.45) is 5.92 Å². The maximum absolute atomic E-state index is 11.2. The lowest BCUT2D eigenvalue weighted by Gasteiger charge is -2.01. The van der Waals surface area contributed by atoms with Crippen molar-refractivity contribution in [1.29, 1.82) is 0 Å². The number of nitrogens with zero attached hydrogens (tertiary/aromatic N) is 1. The molecule has 19 heavy (non-hydrogen) atoms. The van der Waals surface area contributed by atoms with Gasteiger partial charge in [-0.1, -0.05) is 13.8 Å². The van der Waals surface area contributed by atoms with Gasteiger partial charge in [0.25, 0.3) is 0 Å². The van der Waals surface area contributed by atoms with Gasteiger partial charge in [-0.3, -0.25) is 0 Å². The smallest absolute Gasteiger partial charge is 0.347 e. The van der Waals surface area contributed by atoms with Crippen LogP contribution in [0.2, 0.25) is 0 Å². The first-order valence-electron chi connectivity index (χ1n) is 5.99. The highest BCUT2D eigenvalue weighted by molar-refractivity contribution is 7.17. The highest BCUT2D eigenvalue weighted by Crippen LogP contribution is 2.30. The van der Waals surface area contributed by atoms with Crippen LogP contribution < -0.4 is 0 Å². The number of hydrogen-bond acceptors (Lipinski definition) is 4. The molecule has 2 aromatic rings. The molecule has 0 atom stereocenters. The SMILES string of the molecule is CC(C)Cc1nc(-c2ccc(O)cc2)sc1C(=O)O. The van der Waals surface area contributed by atoms with Crippen molar-refractivity contribution in [2.75, 3.05) is 0 Å². The molecule has 0 unspecified atom stereocenters. The topological polar surface area (TPSA) is 70.4 Å². The van der Waals surface area contributed by atoms with E-state index in [-0.39, 0.29) is 5.75 Å². The van der Waals surface area contributed by atoms with E-state index in [2.05, 4.69) is 4.98 Å². The second kappa shape index (κ2) is 5.40. The summed E-state index contributed by atoms with van der Waals surface area (Å²) in [6, 6.07) is 6.61. The molecular weight excluding hydrogens is 262 g/mol. The number of aromatic carboxylic acids is 1. The van der Waals surface area contributed by atoms with E-state index in [9.17, 15) is 15.0 Å². The van der Waals surface area contributed by atoms with Crippen molar-refractivity contribution < 1.29 is 15.0 Å². The number of benzene rings is 1. The van der Waals surface area contributed by atoms with E-state index in [1.807, 2.05) is 13.8 Å². The number of carboxylic acid groups (broad SMARTS) is 1. The molecule has 4 nitrogen and oxygen atoms in total. The van der Waals surface area contributed by atoms with Gasteiger partial charge in [-0.2, -0.15) is 0 Å². The fourth-order valence-electron chi connectivity index (χ4n) is 1.77. The van der Waals surface area contributed by atoms with Crippen LogP contribution >= 0.6 is 11.3 Å². The lowest BCUT2D eigenvalue weighted by Crippen LogP contribution is -2.02. The Morgan fingerprint density at radius 3 is 2.47 bits per heavy atom. The van der Waals surface area contributed by atoms with Crippen LogP contribution in [0.4, 0.5) is 0 Å². The van der Waals surface area contributed by atoms with E-state index in [1.54, 1.807) is 24.3 Å². The number of carboxylic acids is 1. The highest BCUT2D eigenvalue weighted by atomic mass is 32.1. The van der Waals surface area contributed by atoms with Gasteiger partial charge >= 0.3 is 5.97 Å². The second-order valence-corrected chi connectivity index (χ2v) is 5.74. The third kappa shape index (κ3) is 3.12. The molecule has 1 aromatic carbocycles. The first-order chi connectivity index (χ1) is 8.97. The number of carbonyl (C=O) groups is 1. The average molecular weight is 277 g/mol. The predicted octanol–water partition coefficient (Wildman–Crippen LogP) is 3.41. The minimum Gasteiger partial charge on any atom is -0.508 e. The van der Waals surface area contributed by atoms with Gasteiger partial charge in [0.05, 0.1) is 5.69 Å². The van der Waals surface area contributed by atoms with Crippen molar-refractivity contribution >= 4 is 17.3 Å². The maximum Gasteiger partial charge on any atom is 0.347 e. The predicted molar refractivity (Wildman–Crippen MR) is 74.7 cm³/mol. The zero-order valence-corrected chi connectivity index (χ0v) is 11.6. The molecule has 5 heteroatoms. The quantitative estimate of drug-likeness (QED) is 0.898. The molecule has 0 radical (unpaired) electrons. The Labute approximate surface area is 115 Å². The molecule has 0 fully saturated rings. The molecule has 1 heterocycles. The van der Waals surface area contributed by atoms with Gasteiger partial charge in [0, 0.05) is 5.56 Å². The minimum absolute atomic E-state index is 0.182. The summed E-state index contributed by atoms with van der Waals surface area (Å²) >= 11 is 1.18. The monoisotopic (exact) mass is 277 g/mol. The molecule has 2 N–H and O–H groups in total. The molecule has 0 spiro atoms. The fraction of sp³-hybridized carbons (Fsp3) is 0.286. The van der Waals surface area contributed by atoms with Crippen molar-refractivity contribution in [3.8, 4) is 16.3 Å². The number of aromatic hydroxyl groups is 1. The van der Waals surface area contributed by atoms with E-state index in [0.717, 1.165) is 5.56 Å². The van der Waals surface area contributed by atoms with Gasteiger partial charge in [0.15, 0.2) is 0 Å². The normalized spacial score (nSPS) is 10.9. The van der Waals surface area contributed by atoms with Crippen LogP contribution in [0, 0.1) is 5.92 Å². The van der Waals surface area contributed by atoms with Crippen molar-refractivity contribution in [3.05, 3.63) is 34.8 Å². The Balaban J connectivity index is 2.42. The number of phenols is 1. The first kappa shape index (κ1) is 13.5. The minimum atomic E-state index is -0.932. The number of thiazole rings is 1. The van der Waals surface area contributed by atoms with Crippen LogP contribution in [0.1, 0.15) is 29.2 Å². The second-order valence-electron chi connectivity index (χ2n) is 4.74. The Bertz CT molecular complexity index is 587. The van der Waals surface area contributed by atoms with E-state index in [4.69, 9.17) is 0 Å². The van der Waals surface area contributed by atoms with Gasteiger partial charge in [-0.15, -0.1) is 11.3 Å². The molecule has 100 valence electrons. The van der Waals surface area contributed by atoms with Gasteiger partial charge in [-0.25, -0.2) is 9.78 Å². The number of hydrogen-bond donors (Lipinski definition) is 2. The Morgan fingerprint density at radius 1 is 1.32 bits per heavy atom. The summed E-state index contributed by atoms with van der Waals surface area (Å²) in [7, 11) is 0. The molecule has 0 amide bonds. The van der Waals surface area contributed by atoms with Crippen LogP contribution in [-0.4, -0.2) is 21.2 Å². The molecule has 2 rings (SSSR count). The summed E-state index contributed by atoms with van der Waals surface area (Å²) in [5.41, 5.74) is 1.45. The number of phenolic OH excluding ortho intramolecular Hbond substituents is 1. The van der Waals surface area contributed by atoms with Crippen LogP contribution in [0.3, 0.4) is 0 Å². The van der Waals surface area contributed by atoms with E-state index in [1.165, 1.54) is 11.3 Å². The lowest BCUT2D eigenvalue weighted by atomic mass is 10.1. The summed E-state index contributed by atoms with van der Waals surface area (Å²) in [5.74, 6) is -0.396. The third-order valence-corrected chi connectivity index (χ3v) is 3.74. The zero-order chi connectivity index (χ0) is 14.0. The molecular formula is C14H15NO3S. The first-order valence-corrected chi connectivity index (χ1v) is 6.81. The van der Waals surface area contributed by atoms with Crippen LogP contribution in [-0.2, 0) is 6.42 Å². The van der Waals surface area contributed by atoms with Gasteiger partial charge < -0.3 is 10.2 Å². The van der Waals surface area contributed by atoms with Crippen LogP contribution in [0.15, 0.2) is 24.3 Å². The summed E-state index contributed by atoms with van der Waals surface area (Å²) in [6.07, 6.45) is 0.649. The highest BCUT2D eigenvalue weighted by Gasteiger charge is 2.18. The Kier molecular flexibility index (Phi) is 3.85. The van der Waals surface area contributed by atoms with Gasteiger partial charge in [0.2, 0.25) is 0 Å². The van der Waals surface area contributed by atoms with Gasteiger partial charge in [-0.05, 0) is 36.6 Å². The largest absolute Gasteiger partial charge is 0.508 e. The molecule has 1 aromatic heterocycles. The van der Waals surface area contributed by atoms with Crippen molar-refractivity contribution in [3.63, 3.8) is 0 Å². The molecule has 0 aliphatic rings. The number of rotatable bonds is 4. The summed E-state index contributed by atoms with van der Waals surface area (Å²) in [4.78, 5) is 16.0. The van der Waals surface area contributed by atoms with E-state index >= 15 is 0 Å².